The fourth-order valence-corrected chi connectivity index (χ4v) is 14.0. The normalized spacial score (nSPS) is 17.3. The predicted octanol–water partition coefficient (Wildman–Crippen LogP) is -4.28. The Morgan fingerprint density at radius 1 is 0.488 bits per heavy atom. The van der Waals surface area contributed by atoms with Gasteiger partial charge < -0.3 is 122 Å². The predicted molar refractivity (Wildman–Crippen MR) is 462 cm³/mol. The first-order valence-corrected chi connectivity index (χ1v) is 43.3. The molecule has 2 saturated heterocycles. The number of thiol groups is 1. The first kappa shape index (κ1) is 108. The summed E-state index contributed by atoms with van der Waals surface area (Å²) >= 11 is 4.29. The quantitative estimate of drug-likeness (QED) is 0.0127. The van der Waals surface area contributed by atoms with Crippen molar-refractivity contribution in [3.05, 3.63) is 35.9 Å². The summed E-state index contributed by atoms with van der Waals surface area (Å²) in [5.41, 5.74) is 11.5. The van der Waals surface area contributed by atoms with Gasteiger partial charge in [-0.25, -0.2) is 4.79 Å². The number of guanidine groups is 1. The Balaban J connectivity index is 1.74. The summed E-state index contributed by atoms with van der Waals surface area (Å²) in [6, 6.07) is -12.3. The first-order valence-electron chi connectivity index (χ1n) is 42.7. The number of nitrogens with one attached hydrogen (secondary N) is 16. The van der Waals surface area contributed by atoms with Crippen molar-refractivity contribution in [1.29, 1.82) is 0 Å². The van der Waals surface area contributed by atoms with Gasteiger partial charge in [0, 0.05) is 25.3 Å². The molecule has 2 aliphatic rings. The second kappa shape index (κ2) is 54.8. The largest absolute Gasteiger partial charge is 0.481 e. The van der Waals surface area contributed by atoms with Crippen LogP contribution >= 0.6 is 12.6 Å². The highest BCUT2D eigenvalue weighted by Gasteiger charge is 2.42. The van der Waals surface area contributed by atoms with E-state index in [-0.39, 0.29) is 113 Å². The highest BCUT2D eigenvalue weighted by Crippen LogP contribution is 2.22. The number of carboxylic acids is 2. The molecule has 16 amide bonds. The van der Waals surface area contributed by atoms with Gasteiger partial charge >= 0.3 is 11.9 Å². The molecule has 1 aromatic rings. The Bertz CT molecular complexity index is 3850. The molecule has 0 bridgehead atoms. The van der Waals surface area contributed by atoms with Crippen molar-refractivity contribution >= 4 is 125 Å². The molecule has 0 spiro atoms. The highest BCUT2D eigenvalue weighted by molar-refractivity contribution is 7.80. The molecule has 125 heavy (non-hydrogen) atoms. The first-order chi connectivity index (χ1) is 58.7. The third-order valence-electron chi connectivity index (χ3n) is 20.5. The number of aliphatic carboxylic acids is 2. The standard InChI is InChI=1S/C82H136N20O22S/c1-15-46(12)65(79(121)96-57(36-64(107)108)74(116)97-58(34-45(10)11)80(122)102-29-21-26-61(102)81(123)124)100-67(109)47(13)89-62(105)37-88-78(120)66(48(14)104)101-75(117)55(33-44(8)9)94-71(113)53(31-42(4)5)92-70(112)52(30-41(2)3)93-72(114)54(32-43(6)7)95-77(119)60(40-125)99-76(118)59(39-103)98-73(115)56(35-49-22-17-16-18-23-49)90-63(106)38-87-68(110)51(25-20-28-86-82(83)84)91-69(111)50-24-19-27-85-50/h16-18,22-23,41-48,50-61,65-66,85,103-104,125H,15,19-21,24-40H2,1-14H3,(H,87,110)(H,88,120)(H,89,105)(H,90,106)(H,91,111)(H,92,112)(H,93,114)(H,94,113)(H,95,119)(H,96,121)(H,97,116)(H,98,115)(H,99,118)(H,100,109)(H,101,117)(H,107,108)(H,123,124)(H4,83,84,86)/t46-,47-,48+,50-,51-,52-,53-,54-,55-,56-,57-,58-,59-,60-,61-,65-,66-/m0/s1. The van der Waals surface area contributed by atoms with Crippen LogP contribution in [0, 0.1) is 35.5 Å². The molecule has 2 heterocycles. The number of hydrogen-bond acceptors (Lipinski definition) is 23. The lowest BCUT2D eigenvalue weighted by Gasteiger charge is -2.30. The van der Waals surface area contributed by atoms with Crippen LogP contribution in [-0.2, 0) is 92.7 Å². The zero-order valence-electron chi connectivity index (χ0n) is 74.1. The molecule has 0 unspecified atom stereocenters. The number of aliphatic imine (C=N–C) groups is 1. The molecule has 2 aliphatic heterocycles. The smallest absolute Gasteiger partial charge is 0.326 e. The Labute approximate surface area is 735 Å². The van der Waals surface area contributed by atoms with Gasteiger partial charge in [-0.05, 0) is 132 Å². The number of likely N-dealkylation sites (tertiary alicyclic amines) is 1. The van der Waals surface area contributed by atoms with Gasteiger partial charge in [0.05, 0.1) is 38.3 Å². The maximum Gasteiger partial charge on any atom is 0.326 e. The Hall–Kier alpha value is -10.8. The third-order valence-corrected chi connectivity index (χ3v) is 20.9. The van der Waals surface area contributed by atoms with Crippen LogP contribution in [-0.4, -0.2) is 280 Å². The summed E-state index contributed by atoms with van der Waals surface area (Å²) in [5.74, 6) is -19.6. The number of carboxylic acid groups (broad SMARTS) is 2. The molecule has 0 aromatic heterocycles. The van der Waals surface area contributed by atoms with Crippen molar-refractivity contribution in [2.24, 2.45) is 52.0 Å². The van der Waals surface area contributed by atoms with E-state index in [9.17, 15) is 107 Å². The van der Waals surface area contributed by atoms with Crippen LogP contribution in [0.3, 0.4) is 0 Å². The molecule has 702 valence electrons. The second-order valence-electron chi connectivity index (χ2n) is 33.9. The van der Waals surface area contributed by atoms with Crippen LogP contribution in [0.25, 0.3) is 0 Å². The van der Waals surface area contributed by atoms with Gasteiger partial charge in [-0.2, -0.15) is 12.6 Å². The van der Waals surface area contributed by atoms with E-state index in [0.717, 1.165) is 18.2 Å². The summed E-state index contributed by atoms with van der Waals surface area (Å²) in [6.07, 6.45) is -0.313. The maximum absolute atomic E-state index is 14.6. The Morgan fingerprint density at radius 3 is 1.39 bits per heavy atom. The lowest BCUT2D eigenvalue weighted by Crippen LogP contribution is -2.61. The number of nitrogens with zero attached hydrogens (tertiary/aromatic N) is 2. The minimum absolute atomic E-state index is 0.0111. The van der Waals surface area contributed by atoms with Crippen molar-refractivity contribution in [2.75, 3.05) is 45.1 Å². The van der Waals surface area contributed by atoms with E-state index in [1.807, 2.05) is 0 Å². The summed E-state index contributed by atoms with van der Waals surface area (Å²) in [5, 5.41) is 81.8. The zero-order valence-corrected chi connectivity index (χ0v) is 75.0. The Morgan fingerprint density at radius 2 is 0.928 bits per heavy atom. The van der Waals surface area contributed by atoms with Gasteiger partial charge in [-0.1, -0.05) is 120 Å². The fourth-order valence-electron chi connectivity index (χ4n) is 13.8. The summed E-state index contributed by atoms with van der Waals surface area (Å²) in [6.45, 7) is 21.5. The molecule has 17 atom stereocenters. The second-order valence-corrected chi connectivity index (χ2v) is 34.3. The number of aliphatic hydroxyl groups excluding tert-OH is 2. The number of benzene rings is 1. The van der Waals surface area contributed by atoms with Crippen LogP contribution in [0.1, 0.15) is 186 Å². The van der Waals surface area contributed by atoms with Crippen LogP contribution < -0.4 is 96.5 Å². The summed E-state index contributed by atoms with van der Waals surface area (Å²) in [4.78, 5) is 252. The van der Waals surface area contributed by atoms with Crippen LogP contribution in [0.2, 0.25) is 0 Å². The molecule has 1 aromatic carbocycles. The highest BCUT2D eigenvalue weighted by atomic mass is 32.1. The van der Waals surface area contributed by atoms with Crippen molar-refractivity contribution in [2.45, 2.75) is 284 Å². The van der Waals surface area contributed by atoms with Crippen LogP contribution in [0.4, 0.5) is 0 Å². The summed E-state index contributed by atoms with van der Waals surface area (Å²) in [7, 11) is 0. The van der Waals surface area contributed by atoms with E-state index in [1.54, 1.807) is 113 Å². The molecular formula is C82H136N20O22S. The number of aliphatic hydroxyl groups is 2. The number of rotatable bonds is 55. The van der Waals surface area contributed by atoms with E-state index in [0.29, 0.717) is 24.9 Å². The van der Waals surface area contributed by atoms with E-state index in [2.05, 4.69) is 103 Å². The number of amides is 16. The van der Waals surface area contributed by atoms with Crippen LogP contribution in [0.5, 0.6) is 0 Å². The molecule has 0 saturated carbocycles. The molecule has 42 nitrogen and oxygen atoms in total. The summed E-state index contributed by atoms with van der Waals surface area (Å²) < 4.78 is 0. The van der Waals surface area contributed by atoms with Gasteiger partial charge in [-0.15, -0.1) is 0 Å². The number of carbonyl (C=O) groups excluding carboxylic acids is 16. The lowest BCUT2D eigenvalue weighted by atomic mass is 9.97. The van der Waals surface area contributed by atoms with Gasteiger partial charge in [-0.3, -0.25) is 86.5 Å². The SMILES string of the molecule is CC[C@H](C)[C@H](NC(=O)[C@H](C)NC(=O)CNC(=O)[C@@H](NC(=O)[C@H](CC(C)C)NC(=O)[C@H](CC(C)C)NC(=O)[C@H](CC(C)C)NC(=O)[C@H](CC(C)C)NC(=O)[C@H](CS)NC(=O)[C@H](CO)NC(=O)[C@H](Cc1ccccc1)NC(=O)CNC(=O)[C@H](CCCN=C(N)N)NC(=O)[C@@H]1CCCN1)[C@@H](C)O)C(=O)N[C@@H](CC(=O)O)C(=O)N[C@@H](CC(C)C)C(=O)N1CCC[C@H]1C(=O)O. The molecule has 2 fully saturated rings. The average Bonchev–Trinajstić information content (AvgIpc) is 1.75. The zero-order chi connectivity index (χ0) is 94.2. The number of hydrogen-bond donors (Lipinski definition) is 23. The number of carbonyl (C=O) groups is 18. The molecule has 0 aliphatic carbocycles. The minimum atomic E-state index is -1.79. The van der Waals surface area contributed by atoms with Gasteiger partial charge in [0.25, 0.3) is 0 Å². The minimum Gasteiger partial charge on any atom is -0.481 e. The molecule has 0 radical (unpaired) electrons. The lowest BCUT2D eigenvalue weighted by molar-refractivity contribution is -0.150. The van der Waals surface area contributed by atoms with Gasteiger partial charge in [0.2, 0.25) is 94.5 Å². The van der Waals surface area contributed by atoms with E-state index < -0.39 is 241 Å². The fraction of sp³-hybridized carbons (Fsp3) is 0.695. The van der Waals surface area contributed by atoms with E-state index in [4.69, 9.17) is 11.5 Å². The van der Waals surface area contributed by atoms with E-state index in [1.165, 1.54) is 6.92 Å². The van der Waals surface area contributed by atoms with Gasteiger partial charge in [0.15, 0.2) is 5.96 Å². The molecule has 24 N–H and O–H groups in total. The van der Waals surface area contributed by atoms with Crippen LogP contribution in [0.15, 0.2) is 35.3 Å². The number of nitrogens with two attached hydrogens (primary N) is 2. The molecule has 43 heteroatoms. The molecule has 3 rings (SSSR count). The maximum atomic E-state index is 14.6. The topological polar surface area (TPSA) is 648 Å². The van der Waals surface area contributed by atoms with Crippen molar-refractivity contribution in [3.8, 4) is 0 Å². The van der Waals surface area contributed by atoms with Crippen molar-refractivity contribution in [1.82, 2.24) is 90.0 Å². The van der Waals surface area contributed by atoms with Gasteiger partial charge in [0.1, 0.15) is 84.6 Å². The monoisotopic (exact) mass is 1780 g/mol. The van der Waals surface area contributed by atoms with E-state index >= 15 is 0 Å². The third kappa shape index (κ3) is 39.1. The molecular weight excluding hydrogens is 1650 g/mol. The Kier molecular flexibility index (Phi) is 47.5. The van der Waals surface area contributed by atoms with Crippen molar-refractivity contribution < 1.29 is 107 Å². The average molecular weight is 1790 g/mol. The van der Waals surface area contributed by atoms with Crippen molar-refractivity contribution in [3.63, 3.8) is 0 Å².